The molecule has 2 amide bonds. The van der Waals surface area contributed by atoms with Crippen LogP contribution in [0.4, 0.5) is 11.4 Å². The third kappa shape index (κ3) is 4.48. The van der Waals surface area contributed by atoms with Crippen LogP contribution in [-0.2, 0) is 4.79 Å². The summed E-state index contributed by atoms with van der Waals surface area (Å²) in [7, 11) is 0. The van der Waals surface area contributed by atoms with Crippen molar-refractivity contribution in [1.82, 2.24) is 4.98 Å². The molecular weight excluding hydrogens is 340 g/mol. The lowest BCUT2D eigenvalue weighted by Crippen LogP contribution is -2.38. The van der Waals surface area contributed by atoms with E-state index < -0.39 is 5.91 Å². The molecule has 3 rings (SSSR count). The number of nitrogens with two attached hydrogens (primary N) is 1. The quantitative estimate of drug-likeness (QED) is 0.876. The third-order valence-corrected chi connectivity index (χ3v) is 4.34. The number of hydrogen-bond donors (Lipinski definition) is 2. The molecule has 0 aliphatic carbocycles. The predicted octanol–water partition coefficient (Wildman–Crippen LogP) is 2.46. The van der Waals surface area contributed by atoms with E-state index in [1.165, 1.54) is 0 Å². The van der Waals surface area contributed by atoms with Crippen molar-refractivity contribution < 1.29 is 9.59 Å². The van der Waals surface area contributed by atoms with Gasteiger partial charge in [0.2, 0.25) is 5.91 Å². The van der Waals surface area contributed by atoms with Crippen molar-refractivity contribution in [3.8, 4) is 0 Å². The highest BCUT2D eigenvalue weighted by atomic mass is 35.5. The molecule has 1 aliphatic rings. The number of para-hydroxylation sites is 1. The minimum Gasteiger partial charge on any atom is -0.371 e. The minimum absolute atomic E-state index is 0. The van der Waals surface area contributed by atoms with Crippen LogP contribution in [0.3, 0.4) is 0 Å². The fraction of sp³-hybridized carbons (Fsp3) is 0.278. The minimum atomic E-state index is -0.543. The molecule has 0 atom stereocenters. The number of rotatable bonds is 4. The molecule has 0 spiro atoms. The molecule has 1 aromatic carbocycles. The summed E-state index contributed by atoms with van der Waals surface area (Å²) in [6.45, 7) is 1.64. The normalized spacial score (nSPS) is 14.5. The Bertz CT molecular complexity index is 731. The van der Waals surface area contributed by atoms with Crippen molar-refractivity contribution in [1.29, 1.82) is 0 Å². The first-order valence-electron chi connectivity index (χ1n) is 8.00. The largest absolute Gasteiger partial charge is 0.371 e. The van der Waals surface area contributed by atoms with E-state index in [2.05, 4.69) is 15.2 Å². The first-order valence-corrected chi connectivity index (χ1v) is 8.00. The summed E-state index contributed by atoms with van der Waals surface area (Å²) in [5, 5.41) is 2.85. The number of primary amides is 1. The zero-order chi connectivity index (χ0) is 16.9. The molecule has 1 aromatic heterocycles. The monoisotopic (exact) mass is 360 g/mol. The van der Waals surface area contributed by atoms with E-state index in [1.54, 1.807) is 36.7 Å². The van der Waals surface area contributed by atoms with Crippen molar-refractivity contribution in [3.05, 3.63) is 54.4 Å². The lowest BCUT2D eigenvalue weighted by atomic mass is 9.95. The van der Waals surface area contributed by atoms with Crippen molar-refractivity contribution in [3.63, 3.8) is 0 Å². The molecule has 7 heteroatoms. The maximum Gasteiger partial charge on any atom is 0.250 e. The first-order chi connectivity index (χ1) is 11.6. The summed E-state index contributed by atoms with van der Waals surface area (Å²) in [4.78, 5) is 30.2. The highest BCUT2D eigenvalue weighted by Gasteiger charge is 2.25. The van der Waals surface area contributed by atoms with Gasteiger partial charge in [-0.15, -0.1) is 12.4 Å². The molecule has 2 heterocycles. The SMILES string of the molecule is Cl.NC(=O)c1ccccc1NC(=O)C1CCN(c2ccncc2)CC1. The van der Waals surface area contributed by atoms with Gasteiger partial charge in [-0.25, -0.2) is 0 Å². The number of carbonyl (C=O) groups is 2. The van der Waals surface area contributed by atoms with Crippen LogP contribution in [0.1, 0.15) is 23.2 Å². The summed E-state index contributed by atoms with van der Waals surface area (Å²) in [6, 6.07) is 10.8. The fourth-order valence-electron chi connectivity index (χ4n) is 3.00. The predicted molar refractivity (Wildman–Crippen MR) is 100 cm³/mol. The molecule has 1 saturated heterocycles. The zero-order valence-corrected chi connectivity index (χ0v) is 14.5. The van der Waals surface area contributed by atoms with Gasteiger partial charge in [0.1, 0.15) is 0 Å². The second-order valence-electron chi connectivity index (χ2n) is 5.87. The van der Waals surface area contributed by atoms with Crippen molar-refractivity contribution in [2.75, 3.05) is 23.3 Å². The van der Waals surface area contributed by atoms with E-state index in [1.807, 2.05) is 12.1 Å². The number of benzene rings is 1. The van der Waals surface area contributed by atoms with Crippen LogP contribution >= 0.6 is 12.4 Å². The Morgan fingerprint density at radius 3 is 2.36 bits per heavy atom. The van der Waals surface area contributed by atoms with Crippen molar-refractivity contribution >= 4 is 35.6 Å². The number of amides is 2. The molecular formula is C18H21ClN4O2. The van der Waals surface area contributed by atoms with E-state index in [-0.39, 0.29) is 24.2 Å². The van der Waals surface area contributed by atoms with E-state index in [9.17, 15) is 9.59 Å². The van der Waals surface area contributed by atoms with Crippen molar-refractivity contribution in [2.24, 2.45) is 11.7 Å². The molecule has 0 unspecified atom stereocenters. The number of halogens is 1. The Hall–Kier alpha value is -2.60. The van der Waals surface area contributed by atoms with Gasteiger partial charge in [0.05, 0.1) is 11.3 Å². The van der Waals surface area contributed by atoms with Gasteiger partial charge >= 0.3 is 0 Å². The highest BCUT2D eigenvalue weighted by Crippen LogP contribution is 2.24. The Labute approximate surface area is 152 Å². The van der Waals surface area contributed by atoms with Gasteiger partial charge in [0.25, 0.3) is 5.91 Å². The van der Waals surface area contributed by atoms with E-state index in [4.69, 9.17) is 5.73 Å². The Kier molecular flexibility index (Phi) is 6.36. The second kappa shape index (κ2) is 8.48. The number of pyridine rings is 1. The van der Waals surface area contributed by atoms with Gasteiger partial charge in [-0.2, -0.15) is 0 Å². The topological polar surface area (TPSA) is 88.3 Å². The summed E-state index contributed by atoms with van der Waals surface area (Å²) in [6.07, 6.45) is 5.09. The van der Waals surface area contributed by atoms with E-state index >= 15 is 0 Å². The molecule has 25 heavy (non-hydrogen) atoms. The summed E-state index contributed by atoms with van der Waals surface area (Å²) in [5.41, 5.74) is 7.29. The second-order valence-corrected chi connectivity index (χ2v) is 5.87. The van der Waals surface area contributed by atoms with Gasteiger partial charge < -0.3 is 16.0 Å². The maximum absolute atomic E-state index is 12.5. The van der Waals surface area contributed by atoms with Crippen LogP contribution in [0.25, 0.3) is 0 Å². The van der Waals surface area contributed by atoms with Crippen LogP contribution in [0, 0.1) is 5.92 Å². The lowest BCUT2D eigenvalue weighted by Gasteiger charge is -2.33. The number of carbonyl (C=O) groups excluding carboxylic acids is 2. The summed E-state index contributed by atoms with van der Waals surface area (Å²) < 4.78 is 0. The smallest absolute Gasteiger partial charge is 0.250 e. The van der Waals surface area contributed by atoms with Crippen molar-refractivity contribution in [2.45, 2.75) is 12.8 Å². The van der Waals surface area contributed by atoms with Crippen LogP contribution in [0.2, 0.25) is 0 Å². The number of piperidine rings is 1. The number of anilines is 2. The number of nitrogens with zero attached hydrogens (tertiary/aromatic N) is 2. The van der Waals surface area contributed by atoms with Gasteiger partial charge in [-0.3, -0.25) is 14.6 Å². The average molecular weight is 361 g/mol. The molecule has 1 fully saturated rings. The molecule has 3 N–H and O–H groups in total. The lowest BCUT2D eigenvalue weighted by molar-refractivity contribution is -0.120. The molecule has 0 bridgehead atoms. The van der Waals surface area contributed by atoms with Gasteiger partial charge in [0.15, 0.2) is 0 Å². The number of hydrogen-bond acceptors (Lipinski definition) is 4. The van der Waals surface area contributed by atoms with Gasteiger partial charge in [0, 0.05) is 37.1 Å². The average Bonchev–Trinajstić information content (AvgIpc) is 2.63. The summed E-state index contributed by atoms with van der Waals surface area (Å²) >= 11 is 0. The molecule has 1 aliphatic heterocycles. The third-order valence-electron chi connectivity index (χ3n) is 4.34. The molecule has 0 radical (unpaired) electrons. The Balaban J connectivity index is 0.00000225. The molecule has 2 aromatic rings. The Morgan fingerprint density at radius 1 is 1.08 bits per heavy atom. The van der Waals surface area contributed by atoms with Crippen LogP contribution < -0.4 is 16.0 Å². The molecule has 6 nitrogen and oxygen atoms in total. The maximum atomic E-state index is 12.5. The van der Waals surface area contributed by atoms with Crippen LogP contribution in [-0.4, -0.2) is 29.9 Å². The fourth-order valence-corrected chi connectivity index (χ4v) is 3.00. The molecule has 0 saturated carbocycles. The zero-order valence-electron chi connectivity index (χ0n) is 13.7. The van der Waals surface area contributed by atoms with Gasteiger partial charge in [-0.1, -0.05) is 12.1 Å². The summed E-state index contributed by atoms with van der Waals surface area (Å²) in [5.74, 6) is -0.666. The van der Waals surface area contributed by atoms with Crippen LogP contribution in [0.15, 0.2) is 48.8 Å². The number of aromatic nitrogens is 1. The number of nitrogens with one attached hydrogen (secondary N) is 1. The van der Waals surface area contributed by atoms with E-state index in [0.29, 0.717) is 11.3 Å². The molecule has 132 valence electrons. The van der Waals surface area contributed by atoms with E-state index in [0.717, 1.165) is 31.6 Å². The first kappa shape index (κ1) is 18.7. The van der Waals surface area contributed by atoms with Crippen LogP contribution in [0.5, 0.6) is 0 Å². The Morgan fingerprint density at radius 2 is 1.72 bits per heavy atom. The highest BCUT2D eigenvalue weighted by molar-refractivity contribution is 6.03. The standard InChI is InChI=1S/C18H20N4O2.ClH/c19-17(23)15-3-1-2-4-16(15)21-18(24)13-7-11-22(12-8-13)14-5-9-20-10-6-14;/h1-6,9-10,13H,7-8,11-12H2,(H2,19,23)(H,21,24);1H. The van der Waals surface area contributed by atoms with Gasteiger partial charge in [-0.05, 0) is 37.1 Å².